The lowest BCUT2D eigenvalue weighted by Gasteiger charge is -2.43. The lowest BCUT2D eigenvalue weighted by atomic mass is 10.1. The zero-order chi connectivity index (χ0) is 25.3. The molecular formula is C20H21F6N5O3. The lowest BCUT2D eigenvalue weighted by Crippen LogP contribution is -2.58. The van der Waals surface area contributed by atoms with Crippen molar-refractivity contribution in [3.05, 3.63) is 51.7 Å². The number of aromatic nitrogens is 3. The summed E-state index contributed by atoms with van der Waals surface area (Å²) >= 11 is 0. The van der Waals surface area contributed by atoms with Gasteiger partial charge in [0.15, 0.2) is 0 Å². The largest absolute Gasteiger partial charge is 0.449 e. The number of amides is 1. The number of rotatable bonds is 4. The van der Waals surface area contributed by atoms with Crippen LogP contribution < -0.4 is 10.5 Å². The number of H-pyrrole nitrogens is 1. The predicted octanol–water partition coefficient (Wildman–Crippen LogP) is 3.48. The Morgan fingerprint density at radius 3 is 2.32 bits per heavy atom. The fraction of sp³-hybridized carbons (Fsp3) is 0.500. The SMILES string of the molecule is C[C@@H]1CN(C(=O)OCCc2c[nH]c(=O)c(C(F)(F)F)c2)[C@@H](C)CN1c1ncc(C(F)(F)F)cn1. The molecule has 0 unspecified atom stereocenters. The van der Waals surface area contributed by atoms with Crippen LogP contribution in [0.3, 0.4) is 0 Å². The van der Waals surface area contributed by atoms with E-state index in [4.69, 9.17) is 4.74 Å². The third kappa shape index (κ3) is 5.78. The van der Waals surface area contributed by atoms with Gasteiger partial charge in [-0.05, 0) is 25.5 Å². The van der Waals surface area contributed by atoms with E-state index in [1.165, 1.54) is 4.90 Å². The predicted molar refractivity (Wildman–Crippen MR) is 107 cm³/mol. The molecule has 186 valence electrons. The summed E-state index contributed by atoms with van der Waals surface area (Å²) in [6, 6.07) is -0.0336. The van der Waals surface area contributed by atoms with Gasteiger partial charge in [0, 0.05) is 50.2 Å². The van der Waals surface area contributed by atoms with Crippen LogP contribution >= 0.6 is 0 Å². The lowest BCUT2D eigenvalue weighted by molar-refractivity contribution is -0.139. The van der Waals surface area contributed by atoms with Gasteiger partial charge in [-0.3, -0.25) is 4.79 Å². The Kier molecular flexibility index (Phi) is 7.07. The van der Waals surface area contributed by atoms with Crippen molar-refractivity contribution in [3.63, 3.8) is 0 Å². The standard InChI is InChI=1S/C20H21F6N5O3/c1-11-10-31(12(2)9-30(11)17-28-7-14(8-29-17)19(21,22)23)18(33)34-4-3-13-5-15(20(24,25)26)16(32)27-6-13/h5-8,11-12H,3-4,9-10H2,1-2H3,(H,27,32)/t11-,12+/m1/s1. The molecule has 2 atom stereocenters. The van der Waals surface area contributed by atoms with Gasteiger partial charge in [0.05, 0.1) is 12.2 Å². The fourth-order valence-corrected chi connectivity index (χ4v) is 3.50. The molecule has 14 heteroatoms. The van der Waals surface area contributed by atoms with E-state index in [2.05, 4.69) is 9.97 Å². The summed E-state index contributed by atoms with van der Waals surface area (Å²) < 4.78 is 81.9. The summed E-state index contributed by atoms with van der Waals surface area (Å²) in [6.45, 7) is 3.64. The van der Waals surface area contributed by atoms with Crippen LogP contribution in [0, 0.1) is 0 Å². The molecule has 1 N–H and O–H groups in total. The summed E-state index contributed by atoms with van der Waals surface area (Å²) in [5.41, 5.74) is -3.42. The van der Waals surface area contributed by atoms with Gasteiger partial charge >= 0.3 is 18.4 Å². The Labute approximate surface area is 189 Å². The topological polar surface area (TPSA) is 91.4 Å². The average Bonchev–Trinajstić information content (AvgIpc) is 2.74. The number of pyridine rings is 1. The molecule has 3 rings (SSSR count). The molecule has 1 saturated heterocycles. The molecule has 1 aliphatic rings. The van der Waals surface area contributed by atoms with E-state index < -0.39 is 41.2 Å². The number of nitrogens with zero attached hydrogens (tertiary/aromatic N) is 4. The Bertz CT molecular complexity index is 1070. The number of ether oxygens (including phenoxy) is 1. The van der Waals surface area contributed by atoms with Gasteiger partial charge in [-0.15, -0.1) is 0 Å². The van der Waals surface area contributed by atoms with Crippen molar-refractivity contribution in [1.82, 2.24) is 19.9 Å². The molecule has 8 nitrogen and oxygen atoms in total. The number of carbonyl (C=O) groups is 1. The number of carbonyl (C=O) groups excluding carboxylic acids is 1. The van der Waals surface area contributed by atoms with Gasteiger partial charge in [-0.1, -0.05) is 0 Å². The number of nitrogens with one attached hydrogen (secondary N) is 1. The quantitative estimate of drug-likeness (QED) is 0.656. The number of hydrogen-bond acceptors (Lipinski definition) is 6. The first kappa shape index (κ1) is 25.3. The molecule has 1 amide bonds. The van der Waals surface area contributed by atoms with Crippen LogP contribution in [-0.4, -0.2) is 57.7 Å². The molecule has 0 aliphatic carbocycles. The summed E-state index contributed by atoms with van der Waals surface area (Å²) in [5, 5.41) is 0. The van der Waals surface area contributed by atoms with Crippen LogP contribution in [0.2, 0.25) is 0 Å². The zero-order valence-corrected chi connectivity index (χ0v) is 18.1. The number of piperazine rings is 1. The Balaban J connectivity index is 1.58. The summed E-state index contributed by atoms with van der Waals surface area (Å²) in [6.07, 6.45) is -7.57. The van der Waals surface area contributed by atoms with Gasteiger partial charge in [-0.2, -0.15) is 26.3 Å². The highest BCUT2D eigenvalue weighted by molar-refractivity contribution is 5.68. The minimum atomic E-state index is -4.80. The Morgan fingerprint density at radius 1 is 1.09 bits per heavy atom. The van der Waals surface area contributed by atoms with E-state index in [1.54, 1.807) is 18.7 Å². The maximum Gasteiger partial charge on any atom is 0.421 e. The van der Waals surface area contributed by atoms with E-state index in [-0.39, 0.29) is 43.7 Å². The first-order chi connectivity index (χ1) is 15.8. The summed E-state index contributed by atoms with van der Waals surface area (Å²) in [5.74, 6) is 0.0962. The molecule has 0 spiro atoms. The van der Waals surface area contributed by atoms with E-state index >= 15 is 0 Å². The minimum Gasteiger partial charge on any atom is -0.449 e. The van der Waals surface area contributed by atoms with Gasteiger partial charge < -0.3 is 19.5 Å². The third-order valence-corrected chi connectivity index (χ3v) is 5.33. The van der Waals surface area contributed by atoms with E-state index in [0.717, 1.165) is 6.20 Å². The number of alkyl halides is 6. The molecule has 0 aromatic carbocycles. The van der Waals surface area contributed by atoms with Crippen LogP contribution in [0.1, 0.15) is 30.5 Å². The van der Waals surface area contributed by atoms with E-state index in [1.807, 2.05) is 4.98 Å². The minimum absolute atomic E-state index is 0.0467. The van der Waals surface area contributed by atoms with Crippen LogP contribution in [0.4, 0.5) is 37.1 Å². The normalized spacial score (nSPS) is 19.3. The third-order valence-electron chi connectivity index (χ3n) is 5.33. The molecular weight excluding hydrogens is 472 g/mol. The van der Waals surface area contributed by atoms with Crippen molar-refractivity contribution in [2.75, 3.05) is 24.6 Å². The number of halogens is 6. The van der Waals surface area contributed by atoms with E-state index in [0.29, 0.717) is 18.5 Å². The second kappa shape index (κ2) is 9.50. The molecule has 0 saturated carbocycles. The summed E-state index contributed by atoms with van der Waals surface area (Å²) in [4.78, 5) is 36.5. The van der Waals surface area contributed by atoms with Crippen LogP contribution in [0.15, 0.2) is 29.5 Å². The molecule has 1 aliphatic heterocycles. The highest BCUT2D eigenvalue weighted by Crippen LogP contribution is 2.29. The molecule has 0 bridgehead atoms. The Morgan fingerprint density at radius 2 is 1.74 bits per heavy atom. The van der Waals surface area contributed by atoms with Gasteiger partial charge in [0.25, 0.3) is 5.56 Å². The second-order valence-corrected chi connectivity index (χ2v) is 7.89. The van der Waals surface area contributed by atoms with Crippen molar-refractivity contribution in [2.24, 2.45) is 0 Å². The second-order valence-electron chi connectivity index (χ2n) is 7.89. The first-order valence-corrected chi connectivity index (χ1v) is 10.2. The van der Waals surface area contributed by atoms with Crippen molar-refractivity contribution >= 4 is 12.0 Å². The van der Waals surface area contributed by atoms with Gasteiger partial charge in [-0.25, -0.2) is 14.8 Å². The van der Waals surface area contributed by atoms with Crippen LogP contribution in [0.25, 0.3) is 0 Å². The maximum atomic E-state index is 12.9. The molecule has 2 aromatic heterocycles. The zero-order valence-electron chi connectivity index (χ0n) is 18.1. The molecule has 34 heavy (non-hydrogen) atoms. The van der Waals surface area contributed by atoms with Crippen LogP contribution in [-0.2, 0) is 23.5 Å². The first-order valence-electron chi connectivity index (χ1n) is 10.2. The highest BCUT2D eigenvalue weighted by Gasteiger charge is 2.36. The number of hydrogen-bond donors (Lipinski definition) is 1. The molecule has 1 fully saturated rings. The van der Waals surface area contributed by atoms with Crippen molar-refractivity contribution in [3.8, 4) is 0 Å². The van der Waals surface area contributed by atoms with Crippen molar-refractivity contribution < 1.29 is 35.9 Å². The van der Waals surface area contributed by atoms with Crippen molar-refractivity contribution in [1.29, 1.82) is 0 Å². The molecule has 0 radical (unpaired) electrons. The summed E-state index contributed by atoms with van der Waals surface area (Å²) in [7, 11) is 0. The smallest absolute Gasteiger partial charge is 0.421 e. The molecule has 3 heterocycles. The monoisotopic (exact) mass is 493 g/mol. The van der Waals surface area contributed by atoms with Crippen molar-refractivity contribution in [2.45, 2.75) is 44.7 Å². The van der Waals surface area contributed by atoms with Gasteiger partial charge in [0.2, 0.25) is 5.95 Å². The Hall–Kier alpha value is -3.32. The van der Waals surface area contributed by atoms with Crippen LogP contribution in [0.5, 0.6) is 0 Å². The highest BCUT2D eigenvalue weighted by atomic mass is 19.4. The molecule has 2 aromatic rings. The van der Waals surface area contributed by atoms with E-state index in [9.17, 15) is 35.9 Å². The fourth-order valence-electron chi connectivity index (χ4n) is 3.50. The number of aromatic amines is 1. The average molecular weight is 493 g/mol. The van der Waals surface area contributed by atoms with Gasteiger partial charge in [0.1, 0.15) is 5.56 Å². The maximum absolute atomic E-state index is 12.9. The number of anilines is 1.